The summed E-state index contributed by atoms with van der Waals surface area (Å²) in [7, 11) is 3.24. The van der Waals surface area contributed by atoms with E-state index >= 15 is 0 Å². The van der Waals surface area contributed by atoms with Gasteiger partial charge in [-0.25, -0.2) is 4.98 Å². The standard InChI is InChI=1S/C20H21N3O4/c1-25-16-7-5-14(12-18(16)26-2)9-10-21-15-6-8-19(22-13-15)23-20(24)17-4-3-11-27-17/h3-8,11-13,21H,9-10H2,1-2H3,(H,22,23,24). The first-order valence-corrected chi connectivity index (χ1v) is 8.45. The summed E-state index contributed by atoms with van der Waals surface area (Å²) in [4.78, 5) is 16.1. The van der Waals surface area contributed by atoms with Crippen LogP contribution in [0, 0.1) is 0 Å². The molecule has 0 unspecified atom stereocenters. The minimum absolute atomic E-state index is 0.244. The summed E-state index contributed by atoms with van der Waals surface area (Å²) in [6, 6.07) is 12.7. The van der Waals surface area contributed by atoms with Gasteiger partial charge in [0.2, 0.25) is 0 Å². The largest absolute Gasteiger partial charge is 0.493 e. The van der Waals surface area contributed by atoms with Crippen molar-refractivity contribution in [2.45, 2.75) is 6.42 Å². The van der Waals surface area contributed by atoms with Crippen molar-refractivity contribution in [1.29, 1.82) is 0 Å². The summed E-state index contributed by atoms with van der Waals surface area (Å²) in [5, 5.41) is 5.98. The quantitative estimate of drug-likeness (QED) is 0.633. The van der Waals surface area contributed by atoms with Crippen molar-refractivity contribution in [3.8, 4) is 11.5 Å². The molecule has 0 bridgehead atoms. The molecule has 2 aromatic heterocycles. The number of carbonyl (C=O) groups excluding carboxylic acids is 1. The Morgan fingerprint density at radius 3 is 2.63 bits per heavy atom. The number of amides is 1. The molecule has 140 valence electrons. The van der Waals surface area contributed by atoms with E-state index < -0.39 is 0 Å². The predicted octanol–water partition coefficient (Wildman–Crippen LogP) is 3.60. The molecule has 3 aromatic rings. The monoisotopic (exact) mass is 367 g/mol. The van der Waals surface area contributed by atoms with Crippen molar-refractivity contribution in [3.63, 3.8) is 0 Å². The number of aromatic nitrogens is 1. The number of ether oxygens (including phenoxy) is 2. The lowest BCUT2D eigenvalue weighted by atomic mass is 10.1. The Balaban J connectivity index is 1.51. The van der Waals surface area contributed by atoms with Crippen LogP contribution in [0.4, 0.5) is 11.5 Å². The van der Waals surface area contributed by atoms with E-state index in [9.17, 15) is 4.79 Å². The Bertz CT molecular complexity index is 877. The average Bonchev–Trinajstić information content (AvgIpc) is 3.24. The molecule has 2 N–H and O–H groups in total. The van der Waals surface area contributed by atoms with Crippen molar-refractivity contribution in [2.75, 3.05) is 31.4 Å². The molecule has 7 nitrogen and oxygen atoms in total. The van der Waals surface area contributed by atoms with Gasteiger partial charge < -0.3 is 24.5 Å². The summed E-state index contributed by atoms with van der Waals surface area (Å²) >= 11 is 0. The summed E-state index contributed by atoms with van der Waals surface area (Å²) in [5.74, 6) is 1.80. The normalized spacial score (nSPS) is 10.3. The number of hydrogen-bond donors (Lipinski definition) is 2. The molecule has 0 saturated carbocycles. The van der Waals surface area contributed by atoms with Gasteiger partial charge >= 0.3 is 0 Å². The minimum Gasteiger partial charge on any atom is -0.493 e. The number of carbonyl (C=O) groups is 1. The number of nitrogens with zero attached hydrogens (tertiary/aromatic N) is 1. The van der Waals surface area contributed by atoms with Gasteiger partial charge in [-0.2, -0.15) is 0 Å². The van der Waals surface area contributed by atoms with E-state index in [0.717, 1.165) is 24.2 Å². The van der Waals surface area contributed by atoms with Crippen LogP contribution < -0.4 is 20.1 Å². The number of pyridine rings is 1. The molecule has 1 amide bonds. The molecular weight excluding hydrogens is 346 g/mol. The van der Waals surface area contributed by atoms with Gasteiger partial charge in [0.05, 0.1) is 32.4 Å². The number of rotatable bonds is 8. The Morgan fingerprint density at radius 2 is 1.96 bits per heavy atom. The molecule has 2 heterocycles. The Morgan fingerprint density at radius 1 is 1.11 bits per heavy atom. The van der Waals surface area contributed by atoms with Crippen LogP contribution in [0.15, 0.2) is 59.3 Å². The van der Waals surface area contributed by atoms with Gasteiger partial charge in [-0.05, 0) is 48.4 Å². The SMILES string of the molecule is COc1ccc(CCNc2ccc(NC(=O)c3ccco3)nc2)cc1OC. The van der Waals surface area contributed by atoms with E-state index in [-0.39, 0.29) is 11.7 Å². The first kappa shape index (κ1) is 18.3. The topological polar surface area (TPSA) is 85.6 Å². The second-order valence-corrected chi connectivity index (χ2v) is 5.73. The highest BCUT2D eigenvalue weighted by Crippen LogP contribution is 2.27. The third-order valence-corrected chi connectivity index (χ3v) is 3.94. The fourth-order valence-electron chi connectivity index (χ4n) is 2.55. The number of methoxy groups -OCH3 is 2. The first-order valence-electron chi connectivity index (χ1n) is 8.45. The van der Waals surface area contributed by atoms with E-state index in [1.54, 1.807) is 38.6 Å². The van der Waals surface area contributed by atoms with Crippen LogP contribution in [0.2, 0.25) is 0 Å². The molecule has 0 radical (unpaired) electrons. The molecule has 0 atom stereocenters. The third kappa shape index (κ3) is 4.78. The van der Waals surface area contributed by atoms with E-state index in [1.165, 1.54) is 6.26 Å². The lowest BCUT2D eigenvalue weighted by Gasteiger charge is -2.10. The molecule has 0 spiro atoms. The van der Waals surface area contributed by atoms with Crippen molar-refractivity contribution >= 4 is 17.4 Å². The predicted molar refractivity (Wildman–Crippen MR) is 103 cm³/mol. The first-order chi connectivity index (χ1) is 13.2. The number of nitrogens with one attached hydrogen (secondary N) is 2. The minimum atomic E-state index is -0.332. The fraction of sp³-hybridized carbons (Fsp3) is 0.200. The third-order valence-electron chi connectivity index (χ3n) is 3.94. The lowest BCUT2D eigenvalue weighted by Crippen LogP contribution is -2.12. The van der Waals surface area contributed by atoms with E-state index in [2.05, 4.69) is 15.6 Å². The zero-order chi connectivity index (χ0) is 19.1. The molecular formula is C20H21N3O4. The maximum atomic E-state index is 11.9. The van der Waals surface area contributed by atoms with Gasteiger partial charge in [-0.3, -0.25) is 4.79 Å². The van der Waals surface area contributed by atoms with E-state index in [0.29, 0.717) is 17.3 Å². The van der Waals surface area contributed by atoms with E-state index in [1.807, 2.05) is 24.3 Å². The highest BCUT2D eigenvalue weighted by molar-refractivity contribution is 6.01. The highest BCUT2D eigenvalue weighted by atomic mass is 16.5. The number of hydrogen-bond acceptors (Lipinski definition) is 6. The zero-order valence-electron chi connectivity index (χ0n) is 15.2. The van der Waals surface area contributed by atoms with Crippen LogP contribution in [0.25, 0.3) is 0 Å². The highest BCUT2D eigenvalue weighted by Gasteiger charge is 2.09. The van der Waals surface area contributed by atoms with E-state index in [4.69, 9.17) is 13.9 Å². The summed E-state index contributed by atoms with van der Waals surface area (Å²) < 4.78 is 15.6. The Kier molecular flexibility index (Phi) is 5.94. The maximum absolute atomic E-state index is 11.9. The molecule has 1 aromatic carbocycles. The molecule has 7 heteroatoms. The number of benzene rings is 1. The molecule has 0 fully saturated rings. The van der Waals surface area contributed by atoms with Gasteiger partial charge in [0.1, 0.15) is 5.82 Å². The smallest absolute Gasteiger partial charge is 0.292 e. The second-order valence-electron chi connectivity index (χ2n) is 5.73. The van der Waals surface area contributed by atoms with Crippen LogP contribution >= 0.6 is 0 Å². The van der Waals surface area contributed by atoms with Crippen LogP contribution in [-0.2, 0) is 6.42 Å². The van der Waals surface area contributed by atoms with Gasteiger partial charge in [0.25, 0.3) is 5.91 Å². The second kappa shape index (κ2) is 8.75. The Hall–Kier alpha value is -3.48. The van der Waals surface area contributed by atoms with Crippen molar-refractivity contribution in [1.82, 2.24) is 4.98 Å². The van der Waals surface area contributed by atoms with Gasteiger partial charge in [0, 0.05) is 6.54 Å². The van der Waals surface area contributed by atoms with Crippen LogP contribution in [0.3, 0.4) is 0 Å². The van der Waals surface area contributed by atoms with Crippen molar-refractivity contribution < 1.29 is 18.7 Å². The van der Waals surface area contributed by atoms with Crippen LogP contribution in [0.5, 0.6) is 11.5 Å². The summed E-state index contributed by atoms with van der Waals surface area (Å²) in [6.45, 7) is 0.731. The number of anilines is 2. The Labute approximate surface area is 157 Å². The summed E-state index contributed by atoms with van der Waals surface area (Å²) in [5.41, 5.74) is 2.00. The van der Waals surface area contributed by atoms with Crippen molar-refractivity contribution in [3.05, 3.63) is 66.2 Å². The maximum Gasteiger partial charge on any atom is 0.292 e. The molecule has 3 rings (SSSR count). The van der Waals surface area contributed by atoms with Crippen LogP contribution in [-0.4, -0.2) is 31.7 Å². The average molecular weight is 367 g/mol. The van der Waals surface area contributed by atoms with Crippen molar-refractivity contribution in [2.24, 2.45) is 0 Å². The molecule has 0 aliphatic heterocycles. The molecule has 0 aliphatic carbocycles. The van der Waals surface area contributed by atoms with Gasteiger partial charge in [-0.1, -0.05) is 6.07 Å². The molecule has 0 saturated heterocycles. The van der Waals surface area contributed by atoms with Crippen LogP contribution in [0.1, 0.15) is 16.1 Å². The van der Waals surface area contributed by atoms with Gasteiger partial charge in [0.15, 0.2) is 17.3 Å². The zero-order valence-corrected chi connectivity index (χ0v) is 15.2. The molecule has 0 aliphatic rings. The van der Waals surface area contributed by atoms with Gasteiger partial charge in [-0.15, -0.1) is 0 Å². The summed E-state index contributed by atoms with van der Waals surface area (Å²) in [6.07, 6.45) is 3.94. The lowest BCUT2D eigenvalue weighted by molar-refractivity contribution is 0.0996. The number of furan rings is 1. The fourth-order valence-corrected chi connectivity index (χ4v) is 2.55. The molecule has 27 heavy (non-hydrogen) atoms.